The van der Waals surface area contributed by atoms with Crippen molar-refractivity contribution >= 4 is 11.9 Å². The number of hydrogen-bond acceptors (Lipinski definition) is 5. The maximum absolute atomic E-state index is 11.6. The van der Waals surface area contributed by atoms with Gasteiger partial charge < -0.3 is 19.9 Å². The third-order valence-corrected chi connectivity index (χ3v) is 7.20. The number of nitrogens with one attached hydrogen (secondary N) is 1. The second-order valence-electron chi connectivity index (χ2n) is 9.14. The Bertz CT molecular complexity index is 866. The molecule has 3 atom stereocenters. The van der Waals surface area contributed by atoms with Crippen LogP contribution in [-0.2, 0) is 26.2 Å². The van der Waals surface area contributed by atoms with Gasteiger partial charge in [0, 0.05) is 11.5 Å². The predicted molar refractivity (Wildman–Crippen MR) is 108 cm³/mol. The number of carboxylic acids is 1. The minimum absolute atomic E-state index is 0.0364. The van der Waals surface area contributed by atoms with Gasteiger partial charge in [0.25, 0.3) is 0 Å². The van der Waals surface area contributed by atoms with Crippen LogP contribution in [-0.4, -0.2) is 42.6 Å². The van der Waals surface area contributed by atoms with Gasteiger partial charge in [0.05, 0.1) is 5.92 Å². The molecule has 2 N–H and O–H groups in total. The molecule has 1 heterocycles. The van der Waals surface area contributed by atoms with Gasteiger partial charge in [-0.25, -0.2) is 4.79 Å². The summed E-state index contributed by atoms with van der Waals surface area (Å²) in [6.45, 7) is 1.17. The van der Waals surface area contributed by atoms with Crippen LogP contribution in [0.15, 0.2) is 18.2 Å². The van der Waals surface area contributed by atoms with E-state index in [1.54, 1.807) is 0 Å². The number of rotatable bonds is 4. The Morgan fingerprint density at radius 2 is 1.91 bits per heavy atom. The molecule has 4 aliphatic rings. The van der Waals surface area contributed by atoms with Crippen LogP contribution in [0.1, 0.15) is 56.1 Å². The summed E-state index contributed by atoms with van der Waals surface area (Å²) < 4.78 is 42.7. The summed E-state index contributed by atoms with van der Waals surface area (Å²) in [6, 6.07) is 7.17. The Kier molecular flexibility index (Phi) is 6.38. The second kappa shape index (κ2) is 8.92. The van der Waals surface area contributed by atoms with Crippen LogP contribution in [0.4, 0.5) is 13.2 Å². The molecule has 176 valence electrons. The Balaban J connectivity index is 0.000000307. The molecule has 9 heteroatoms. The largest absolute Gasteiger partial charge is 0.490 e. The number of benzene rings is 1. The highest BCUT2D eigenvalue weighted by molar-refractivity contribution is 5.74. The van der Waals surface area contributed by atoms with E-state index in [4.69, 9.17) is 19.4 Å². The van der Waals surface area contributed by atoms with Crippen LogP contribution in [0.5, 0.6) is 5.75 Å². The molecule has 0 spiro atoms. The molecule has 1 aromatic rings. The molecule has 0 amide bonds. The normalized spacial score (nSPS) is 28.3. The van der Waals surface area contributed by atoms with Gasteiger partial charge in [0.15, 0.2) is 0 Å². The number of piperidine rings is 1. The molecule has 2 saturated carbocycles. The zero-order chi connectivity index (χ0) is 22.9. The smallest absolute Gasteiger partial charge is 0.475 e. The van der Waals surface area contributed by atoms with Crippen LogP contribution in [0.2, 0.25) is 0 Å². The lowest BCUT2D eigenvalue weighted by atomic mass is 9.53. The van der Waals surface area contributed by atoms with Crippen molar-refractivity contribution in [2.75, 3.05) is 13.3 Å². The second-order valence-corrected chi connectivity index (χ2v) is 9.14. The third kappa shape index (κ3) is 4.72. The van der Waals surface area contributed by atoms with Crippen molar-refractivity contribution in [2.45, 2.75) is 69.0 Å². The van der Waals surface area contributed by atoms with E-state index in [0.717, 1.165) is 37.5 Å². The number of alkyl halides is 3. The third-order valence-electron chi connectivity index (χ3n) is 7.20. The van der Waals surface area contributed by atoms with Crippen LogP contribution < -0.4 is 10.1 Å². The molecule has 0 radical (unpaired) electrons. The van der Waals surface area contributed by atoms with Crippen molar-refractivity contribution in [3.8, 4) is 5.75 Å². The van der Waals surface area contributed by atoms with Gasteiger partial charge in [-0.05, 0) is 74.2 Å². The first-order valence-electron chi connectivity index (χ1n) is 11.2. The van der Waals surface area contributed by atoms with Gasteiger partial charge in [-0.2, -0.15) is 13.2 Å². The number of carbonyl (C=O) groups is 2. The van der Waals surface area contributed by atoms with E-state index in [-0.39, 0.29) is 18.7 Å². The topological polar surface area (TPSA) is 84.9 Å². The van der Waals surface area contributed by atoms with E-state index < -0.39 is 12.1 Å². The van der Waals surface area contributed by atoms with Crippen molar-refractivity contribution in [3.63, 3.8) is 0 Å². The maximum atomic E-state index is 11.6. The lowest BCUT2D eigenvalue weighted by Gasteiger charge is -2.56. The molecule has 0 aromatic heterocycles. The first-order chi connectivity index (χ1) is 15.2. The van der Waals surface area contributed by atoms with Crippen molar-refractivity contribution in [2.24, 2.45) is 11.8 Å². The maximum Gasteiger partial charge on any atom is 0.490 e. The van der Waals surface area contributed by atoms with E-state index in [1.807, 2.05) is 6.07 Å². The number of aliphatic carboxylic acids is 1. The number of carboxylic acid groups (broad SMARTS) is 1. The number of hydrogen-bond donors (Lipinski definition) is 2. The van der Waals surface area contributed by atoms with Crippen molar-refractivity contribution in [1.29, 1.82) is 0 Å². The van der Waals surface area contributed by atoms with E-state index in [2.05, 4.69) is 17.4 Å². The molecule has 0 unspecified atom stereocenters. The molecule has 6 nitrogen and oxygen atoms in total. The van der Waals surface area contributed by atoms with Gasteiger partial charge >= 0.3 is 18.1 Å². The van der Waals surface area contributed by atoms with Crippen molar-refractivity contribution in [3.05, 3.63) is 29.3 Å². The highest BCUT2D eigenvalue weighted by Crippen LogP contribution is 2.54. The van der Waals surface area contributed by atoms with Crippen LogP contribution in [0.25, 0.3) is 0 Å². The standard InChI is InChI=1S/C21H27NO3.C2HF3O2/c23-20(14-4-5-14)25-13-24-16-7-6-15-11-19-17-3-1-2-8-21(17,9-10-22-19)18(15)12-16;3-2(4,5)1(6)7/h6-7,12,14,17,19,22H,1-5,8-11,13H2;(H,6,7)/t17-,19+,21-;/m1./s1. The van der Waals surface area contributed by atoms with Gasteiger partial charge in [-0.3, -0.25) is 4.79 Å². The number of halogens is 3. The lowest BCUT2D eigenvalue weighted by Crippen LogP contribution is -2.59. The first-order valence-corrected chi connectivity index (χ1v) is 11.2. The highest BCUT2D eigenvalue weighted by atomic mass is 19.4. The SMILES string of the molecule is O=C(O)C(F)(F)F.O=C(OCOc1ccc2c(c1)[C@@]13CCCC[C@@H]1[C@H](C2)NCC3)C1CC1. The fourth-order valence-electron chi connectivity index (χ4n) is 5.59. The fraction of sp³-hybridized carbons (Fsp3) is 0.652. The van der Waals surface area contributed by atoms with Crippen molar-refractivity contribution in [1.82, 2.24) is 5.32 Å². The Hall–Kier alpha value is -2.29. The zero-order valence-electron chi connectivity index (χ0n) is 17.7. The summed E-state index contributed by atoms with van der Waals surface area (Å²) in [5.74, 6) is -1.12. The molecule has 3 fully saturated rings. The molecule has 1 saturated heterocycles. The first kappa shape index (κ1) is 22.9. The summed E-state index contributed by atoms with van der Waals surface area (Å²) in [4.78, 5) is 20.5. The van der Waals surface area contributed by atoms with Crippen molar-refractivity contribution < 1.29 is 37.3 Å². The monoisotopic (exact) mass is 455 g/mol. The lowest BCUT2D eigenvalue weighted by molar-refractivity contribution is -0.192. The molecular formula is C23H28F3NO5. The van der Waals surface area contributed by atoms with E-state index in [1.165, 1.54) is 43.2 Å². The average molecular weight is 455 g/mol. The molecule has 2 bridgehead atoms. The van der Waals surface area contributed by atoms with Crippen LogP contribution in [0, 0.1) is 11.8 Å². The van der Waals surface area contributed by atoms with Gasteiger partial charge in [0.1, 0.15) is 5.75 Å². The van der Waals surface area contributed by atoms with Gasteiger partial charge in [0.2, 0.25) is 6.79 Å². The number of ether oxygens (including phenoxy) is 2. The highest BCUT2D eigenvalue weighted by Gasteiger charge is 2.51. The summed E-state index contributed by atoms with van der Waals surface area (Å²) in [5, 5.41) is 10.9. The van der Waals surface area contributed by atoms with E-state index in [9.17, 15) is 18.0 Å². The molecule has 1 aliphatic heterocycles. The van der Waals surface area contributed by atoms with Crippen LogP contribution in [0.3, 0.4) is 0 Å². The minimum atomic E-state index is -5.08. The zero-order valence-corrected chi connectivity index (χ0v) is 17.7. The Morgan fingerprint density at radius 1 is 1.16 bits per heavy atom. The summed E-state index contributed by atoms with van der Waals surface area (Å²) in [7, 11) is 0. The van der Waals surface area contributed by atoms with E-state index in [0.29, 0.717) is 11.5 Å². The van der Waals surface area contributed by atoms with Gasteiger partial charge in [-0.15, -0.1) is 0 Å². The molecule has 3 aliphatic carbocycles. The fourth-order valence-corrected chi connectivity index (χ4v) is 5.59. The van der Waals surface area contributed by atoms with Crippen LogP contribution >= 0.6 is 0 Å². The van der Waals surface area contributed by atoms with E-state index >= 15 is 0 Å². The summed E-state index contributed by atoms with van der Waals surface area (Å²) >= 11 is 0. The molecular weight excluding hydrogens is 427 g/mol. The summed E-state index contributed by atoms with van der Waals surface area (Å²) in [6.07, 6.45) is 4.59. The number of esters is 1. The summed E-state index contributed by atoms with van der Waals surface area (Å²) in [5.41, 5.74) is 3.34. The Morgan fingerprint density at radius 3 is 2.59 bits per heavy atom. The predicted octanol–water partition coefficient (Wildman–Crippen LogP) is 3.96. The molecule has 32 heavy (non-hydrogen) atoms. The quantitative estimate of drug-likeness (QED) is 0.528. The van der Waals surface area contributed by atoms with Gasteiger partial charge in [-0.1, -0.05) is 18.9 Å². The minimum Gasteiger partial charge on any atom is -0.475 e. The Labute approximate surface area is 184 Å². The molecule has 5 rings (SSSR count). The average Bonchev–Trinajstić information content (AvgIpc) is 3.59. The number of fused-ring (bicyclic) bond motifs is 1. The number of carbonyl (C=O) groups excluding carboxylic acids is 1. The molecule has 1 aromatic carbocycles.